The largest absolute Gasteiger partial charge is 0.506 e. The van der Waals surface area contributed by atoms with Crippen molar-refractivity contribution in [3.8, 4) is 5.75 Å². The van der Waals surface area contributed by atoms with Crippen molar-refractivity contribution in [1.82, 2.24) is 5.32 Å². The Morgan fingerprint density at radius 3 is 2.57 bits per heavy atom. The van der Waals surface area contributed by atoms with Crippen LogP contribution in [0.2, 0.25) is 10.0 Å². The summed E-state index contributed by atoms with van der Waals surface area (Å²) in [5.74, 6) is 0.802. The lowest BCUT2D eigenvalue weighted by Gasteiger charge is -2.36. The average molecular weight is 332 g/mol. The molecule has 0 unspecified atom stereocenters. The molecule has 0 aromatic heterocycles. The summed E-state index contributed by atoms with van der Waals surface area (Å²) in [7, 11) is 0. The van der Waals surface area contributed by atoms with Gasteiger partial charge in [-0.3, -0.25) is 0 Å². The molecular formula is C16H23Cl2NO2. The Morgan fingerprint density at radius 1 is 1.29 bits per heavy atom. The summed E-state index contributed by atoms with van der Waals surface area (Å²) in [6, 6.07) is 3.20. The molecule has 5 heteroatoms. The van der Waals surface area contributed by atoms with Crippen LogP contribution >= 0.6 is 23.2 Å². The molecule has 1 fully saturated rings. The smallest absolute Gasteiger partial charge is 0.138 e. The fourth-order valence-corrected chi connectivity index (χ4v) is 3.52. The number of halogens is 2. The van der Waals surface area contributed by atoms with Crippen LogP contribution in [0.25, 0.3) is 0 Å². The third kappa shape index (κ3) is 4.49. The van der Waals surface area contributed by atoms with E-state index in [1.807, 2.05) is 0 Å². The van der Waals surface area contributed by atoms with Crippen LogP contribution in [0.4, 0.5) is 0 Å². The van der Waals surface area contributed by atoms with E-state index in [0.29, 0.717) is 23.7 Å². The number of hydrogen-bond acceptors (Lipinski definition) is 3. The fraction of sp³-hybridized carbons (Fsp3) is 0.625. The molecule has 0 heterocycles. The van der Waals surface area contributed by atoms with Crippen LogP contribution < -0.4 is 5.32 Å². The van der Waals surface area contributed by atoms with E-state index in [0.717, 1.165) is 31.6 Å². The Bertz CT molecular complexity index is 485. The molecule has 0 amide bonds. The maximum absolute atomic E-state index is 10.6. The molecule has 0 saturated heterocycles. The summed E-state index contributed by atoms with van der Waals surface area (Å²) >= 11 is 11.8. The van der Waals surface area contributed by atoms with E-state index in [1.54, 1.807) is 6.07 Å². The second kappa shape index (κ2) is 7.19. The fourth-order valence-electron chi connectivity index (χ4n) is 2.98. The standard InChI is InChI=1S/C16H23Cl2NO2/c1-2-11-3-5-16(21,6-4-11)10-19-9-12-7-13(17)8-14(18)15(12)20/h7-8,11,19-21H,2-6,9-10H2,1H3. The van der Waals surface area contributed by atoms with Crippen molar-refractivity contribution < 1.29 is 10.2 Å². The molecule has 21 heavy (non-hydrogen) atoms. The summed E-state index contributed by atoms with van der Waals surface area (Å²) in [4.78, 5) is 0. The third-order valence-corrected chi connectivity index (χ3v) is 5.00. The summed E-state index contributed by atoms with van der Waals surface area (Å²) in [6.07, 6.45) is 5.03. The van der Waals surface area contributed by atoms with Gasteiger partial charge < -0.3 is 15.5 Å². The summed E-state index contributed by atoms with van der Waals surface area (Å²) < 4.78 is 0. The van der Waals surface area contributed by atoms with Gasteiger partial charge in [0.2, 0.25) is 0 Å². The zero-order valence-corrected chi connectivity index (χ0v) is 13.8. The van der Waals surface area contributed by atoms with E-state index in [1.165, 1.54) is 12.5 Å². The van der Waals surface area contributed by atoms with Crippen molar-refractivity contribution >= 4 is 23.2 Å². The highest BCUT2D eigenvalue weighted by molar-refractivity contribution is 6.35. The topological polar surface area (TPSA) is 52.5 Å². The highest BCUT2D eigenvalue weighted by Crippen LogP contribution is 2.34. The molecule has 0 radical (unpaired) electrons. The normalized spacial score (nSPS) is 26.0. The zero-order chi connectivity index (χ0) is 15.5. The molecule has 0 aliphatic heterocycles. The molecule has 2 rings (SSSR count). The Balaban J connectivity index is 1.87. The minimum Gasteiger partial charge on any atom is -0.506 e. The van der Waals surface area contributed by atoms with Gasteiger partial charge >= 0.3 is 0 Å². The van der Waals surface area contributed by atoms with Crippen LogP contribution in [-0.4, -0.2) is 22.4 Å². The lowest BCUT2D eigenvalue weighted by Crippen LogP contribution is -2.43. The summed E-state index contributed by atoms with van der Waals surface area (Å²) in [5, 5.41) is 24.4. The van der Waals surface area contributed by atoms with Crippen molar-refractivity contribution in [3.63, 3.8) is 0 Å². The number of aromatic hydroxyl groups is 1. The minimum atomic E-state index is -0.635. The second-order valence-electron chi connectivity index (χ2n) is 6.07. The molecule has 0 bridgehead atoms. The van der Waals surface area contributed by atoms with Crippen LogP contribution in [-0.2, 0) is 6.54 Å². The Labute approximate surface area is 136 Å². The number of benzene rings is 1. The Kier molecular flexibility index (Phi) is 5.78. The van der Waals surface area contributed by atoms with Crippen molar-refractivity contribution in [2.75, 3.05) is 6.54 Å². The highest BCUT2D eigenvalue weighted by atomic mass is 35.5. The van der Waals surface area contributed by atoms with Gasteiger partial charge in [-0.05, 0) is 43.7 Å². The van der Waals surface area contributed by atoms with Crippen LogP contribution in [0, 0.1) is 5.92 Å². The van der Waals surface area contributed by atoms with Crippen molar-refractivity contribution in [1.29, 1.82) is 0 Å². The van der Waals surface area contributed by atoms with Crippen LogP contribution in [0.3, 0.4) is 0 Å². The van der Waals surface area contributed by atoms with Crippen LogP contribution in [0.5, 0.6) is 5.75 Å². The first kappa shape index (κ1) is 16.9. The lowest BCUT2D eigenvalue weighted by molar-refractivity contribution is -0.00884. The first-order valence-corrected chi connectivity index (χ1v) is 8.29. The maximum Gasteiger partial charge on any atom is 0.138 e. The van der Waals surface area contributed by atoms with Gasteiger partial charge in [-0.25, -0.2) is 0 Å². The first-order valence-electron chi connectivity index (χ1n) is 7.53. The average Bonchev–Trinajstić information content (AvgIpc) is 2.45. The third-order valence-electron chi connectivity index (χ3n) is 4.49. The molecule has 3 N–H and O–H groups in total. The molecule has 1 aliphatic carbocycles. The number of hydrogen-bond donors (Lipinski definition) is 3. The molecule has 3 nitrogen and oxygen atoms in total. The second-order valence-corrected chi connectivity index (χ2v) is 6.92. The molecular weight excluding hydrogens is 309 g/mol. The number of phenols is 1. The first-order chi connectivity index (χ1) is 9.93. The summed E-state index contributed by atoms with van der Waals surface area (Å²) in [5.41, 5.74) is 0.0160. The lowest BCUT2D eigenvalue weighted by atomic mass is 9.78. The van der Waals surface area contributed by atoms with Gasteiger partial charge in [0.15, 0.2) is 0 Å². The van der Waals surface area contributed by atoms with Crippen LogP contribution in [0.15, 0.2) is 12.1 Å². The predicted octanol–water partition coefficient (Wildman–Crippen LogP) is 4.12. The van der Waals surface area contributed by atoms with Crippen LogP contribution in [0.1, 0.15) is 44.6 Å². The number of rotatable bonds is 5. The van der Waals surface area contributed by atoms with Gasteiger partial charge in [0.1, 0.15) is 5.75 Å². The van der Waals surface area contributed by atoms with E-state index < -0.39 is 5.60 Å². The predicted molar refractivity (Wildman–Crippen MR) is 87.0 cm³/mol. The highest BCUT2D eigenvalue weighted by Gasteiger charge is 2.32. The van der Waals surface area contributed by atoms with E-state index in [-0.39, 0.29) is 10.8 Å². The molecule has 118 valence electrons. The Hall–Kier alpha value is -0.480. The molecule has 0 spiro atoms. The van der Waals surface area contributed by atoms with Gasteiger partial charge in [-0.2, -0.15) is 0 Å². The Morgan fingerprint density at radius 2 is 1.95 bits per heavy atom. The molecule has 1 aromatic rings. The maximum atomic E-state index is 10.6. The van der Waals surface area contributed by atoms with E-state index in [4.69, 9.17) is 23.2 Å². The summed E-state index contributed by atoms with van der Waals surface area (Å²) in [6.45, 7) is 3.16. The number of phenolic OH excluding ortho intramolecular Hbond substituents is 1. The van der Waals surface area contributed by atoms with Crippen molar-refractivity contribution in [2.45, 2.75) is 51.2 Å². The molecule has 1 aromatic carbocycles. The zero-order valence-electron chi connectivity index (χ0n) is 12.3. The number of aliphatic hydroxyl groups is 1. The monoisotopic (exact) mass is 331 g/mol. The molecule has 0 atom stereocenters. The van der Waals surface area contributed by atoms with Gasteiger partial charge in [0.05, 0.1) is 10.6 Å². The molecule has 1 aliphatic rings. The van der Waals surface area contributed by atoms with E-state index in [9.17, 15) is 10.2 Å². The van der Waals surface area contributed by atoms with Crippen molar-refractivity contribution in [2.24, 2.45) is 5.92 Å². The van der Waals surface area contributed by atoms with Gasteiger partial charge in [0, 0.05) is 23.7 Å². The van der Waals surface area contributed by atoms with E-state index >= 15 is 0 Å². The van der Waals surface area contributed by atoms with Gasteiger partial charge in [-0.15, -0.1) is 0 Å². The number of nitrogens with one attached hydrogen (secondary N) is 1. The van der Waals surface area contributed by atoms with Gasteiger partial charge in [-0.1, -0.05) is 36.5 Å². The minimum absolute atomic E-state index is 0.0512. The van der Waals surface area contributed by atoms with Gasteiger partial charge in [0.25, 0.3) is 0 Å². The quantitative estimate of drug-likeness (QED) is 0.760. The van der Waals surface area contributed by atoms with Crippen molar-refractivity contribution in [3.05, 3.63) is 27.7 Å². The van der Waals surface area contributed by atoms with E-state index in [2.05, 4.69) is 12.2 Å². The SMILES string of the molecule is CCC1CCC(O)(CNCc2cc(Cl)cc(Cl)c2O)CC1. The molecule has 1 saturated carbocycles.